The van der Waals surface area contributed by atoms with Gasteiger partial charge >= 0.3 is 0 Å². The molecule has 0 radical (unpaired) electrons. The van der Waals surface area contributed by atoms with Crippen molar-refractivity contribution >= 4 is 0 Å². The maximum atomic E-state index is 5.90. The van der Waals surface area contributed by atoms with Crippen molar-refractivity contribution in [1.82, 2.24) is 15.1 Å². The molecule has 0 aliphatic carbocycles. The predicted octanol–water partition coefficient (Wildman–Crippen LogP) is 2.94. The Morgan fingerprint density at radius 3 is 2.80 bits per heavy atom. The van der Waals surface area contributed by atoms with E-state index in [-0.39, 0.29) is 0 Å². The van der Waals surface area contributed by atoms with Gasteiger partial charge in [0.15, 0.2) is 0 Å². The molecule has 1 fully saturated rings. The quantitative estimate of drug-likeness (QED) is 0.834. The van der Waals surface area contributed by atoms with Gasteiger partial charge in [0, 0.05) is 25.3 Å². The van der Waals surface area contributed by atoms with E-state index in [1.165, 1.54) is 25.0 Å². The molecule has 0 bridgehead atoms. The van der Waals surface area contributed by atoms with E-state index < -0.39 is 0 Å². The summed E-state index contributed by atoms with van der Waals surface area (Å²) in [5.41, 5.74) is 1.17. The number of rotatable bonds is 7. The monoisotopic (exact) mass is 279 g/mol. The van der Waals surface area contributed by atoms with Crippen molar-refractivity contribution in [3.8, 4) is 0 Å². The lowest BCUT2D eigenvalue weighted by molar-refractivity contribution is -0.00608. The van der Waals surface area contributed by atoms with Crippen molar-refractivity contribution in [2.75, 3.05) is 13.7 Å². The van der Waals surface area contributed by atoms with E-state index >= 15 is 0 Å². The van der Waals surface area contributed by atoms with Crippen LogP contribution in [0, 0.1) is 0 Å². The molecule has 1 saturated heterocycles. The predicted molar refractivity (Wildman–Crippen MR) is 82.0 cm³/mol. The van der Waals surface area contributed by atoms with Crippen molar-refractivity contribution in [1.29, 1.82) is 0 Å². The molecule has 0 spiro atoms. The summed E-state index contributed by atoms with van der Waals surface area (Å²) >= 11 is 0. The highest BCUT2D eigenvalue weighted by molar-refractivity contribution is 5.03. The molecule has 4 nitrogen and oxygen atoms in total. The summed E-state index contributed by atoms with van der Waals surface area (Å²) in [4.78, 5) is 0. The molecule has 1 N–H and O–H groups in total. The van der Waals surface area contributed by atoms with Gasteiger partial charge in [-0.3, -0.25) is 4.68 Å². The SMILES string of the molecule is CCC(CC)n1ccc(CC(NC)C2CCCCO2)n1. The fraction of sp³-hybridized carbons (Fsp3) is 0.812. The Labute approximate surface area is 122 Å². The van der Waals surface area contributed by atoms with Crippen LogP contribution in [0.2, 0.25) is 0 Å². The number of nitrogens with zero attached hydrogens (tertiary/aromatic N) is 2. The van der Waals surface area contributed by atoms with Gasteiger partial charge < -0.3 is 10.1 Å². The summed E-state index contributed by atoms with van der Waals surface area (Å²) in [6, 6.07) is 3.06. The second-order valence-corrected chi connectivity index (χ2v) is 5.76. The number of nitrogens with one attached hydrogen (secondary N) is 1. The molecule has 1 aliphatic heterocycles. The van der Waals surface area contributed by atoms with Crippen molar-refractivity contribution in [2.45, 2.75) is 70.6 Å². The van der Waals surface area contributed by atoms with Crippen LogP contribution in [0.5, 0.6) is 0 Å². The van der Waals surface area contributed by atoms with Gasteiger partial charge in [-0.2, -0.15) is 5.10 Å². The van der Waals surface area contributed by atoms with Gasteiger partial charge in [-0.05, 0) is 45.2 Å². The fourth-order valence-corrected chi connectivity index (χ4v) is 3.08. The largest absolute Gasteiger partial charge is 0.377 e. The Morgan fingerprint density at radius 2 is 2.20 bits per heavy atom. The van der Waals surface area contributed by atoms with Gasteiger partial charge in [0.05, 0.1) is 17.8 Å². The fourth-order valence-electron chi connectivity index (χ4n) is 3.08. The van der Waals surface area contributed by atoms with Crippen LogP contribution in [0.15, 0.2) is 12.3 Å². The average Bonchev–Trinajstić information content (AvgIpc) is 2.95. The highest BCUT2D eigenvalue weighted by Crippen LogP contribution is 2.19. The Bertz CT molecular complexity index is 381. The molecule has 0 amide bonds. The summed E-state index contributed by atoms with van der Waals surface area (Å²) in [6.07, 6.45) is 9.35. The van der Waals surface area contributed by atoms with Crippen molar-refractivity contribution in [2.24, 2.45) is 0 Å². The first-order valence-electron chi connectivity index (χ1n) is 8.11. The van der Waals surface area contributed by atoms with Crippen LogP contribution in [0.4, 0.5) is 0 Å². The maximum absolute atomic E-state index is 5.90. The van der Waals surface area contributed by atoms with Gasteiger partial charge in [-0.25, -0.2) is 0 Å². The Morgan fingerprint density at radius 1 is 1.40 bits per heavy atom. The first kappa shape index (κ1) is 15.5. The zero-order chi connectivity index (χ0) is 14.4. The summed E-state index contributed by atoms with van der Waals surface area (Å²) in [7, 11) is 2.03. The van der Waals surface area contributed by atoms with E-state index in [4.69, 9.17) is 9.84 Å². The smallest absolute Gasteiger partial charge is 0.0731 e. The minimum atomic E-state index is 0.340. The standard InChI is InChI=1S/C16H29N3O/c1-4-14(5-2)19-10-9-13(18-19)12-15(17-3)16-8-6-7-11-20-16/h9-10,14-17H,4-8,11-12H2,1-3H3. The molecule has 114 valence electrons. The van der Waals surface area contributed by atoms with E-state index in [2.05, 4.69) is 36.1 Å². The highest BCUT2D eigenvalue weighted by Gasteiger charge is 2.24. The summed E-state index contributed by atoms with van der Waals surface area (Å²) in [5.74, 6) is 0. The molecular formula is C16H29N3O. The molecule has 2 rings (SSSR count). The molecule has 1 aromatic rings. The second-order valence-electron chi connectivity index (χ2n) is 5.76. The third kappa shape index (κ3) is 3.83. The molecule has 2 unspecified atom stereocenters. The molecule has 20 heavy (non-hydrogen) atoms. The minimum absolute atomic E-state index is 0.340. The molecule has 4 heteroatoms. The third-order valence-corrected chi connectivity index (χ3v) is 4.44. The molecule has 1 aliphatic rings. The maximum Gasteiger partial charge on any atom is 0.0731 e. The van der Waals surface area contributed by atoms with Gasteiger partial charge in [0.2, 0.25) is 0 Å². The van der Waals surface area contributed by atoms with E-state index in [0.29, 0.717) is 18.2 Å². The van der Waals surface area contributed by atoms with Crippen molar-refractivity contribution in [3.63, 3.8) is 0 Å². The number of aromatic nitrogens is 2. The van der Waals surface area contributed by atoms with Crippen molar-refractivity contribution < 1.29 is 4.74 Å². The summed E-state index contributed by atoms with van der Waals surface area (Å²) in [5, 5.41) is 8.17. The lowest BCUT2D eigenvalue weighted by atomic mass is 9.98. The summed E-state index contributed by atoms with van der Waals surface area (Å²) < 4.78 is 8.03. The number of ether oxygens (including phenoxy) is 1. The first-order valence-corrected chi connectivity index (χ1v) is 8.11. The zero-order valence-electron chi connectivity index (χ0n) is 13.1. The molecule has 0 aromatic carbocycles. The average molecular weight is 279 g/mol. The second kappa shape index (κ2) is 7.79. The lowest BCUT2D eigenvalue weighted by Gasteiger charge is -2.29. The zero-order valence-corrected chi connectivity index (χ0v) is 13.1. The molecular weight excluding hydrogens is 250 g/mol. The molecule has 0 saturated carbocycles. The molecule has 2 heterocycles. The third-order valence-electron chi connectivity index (χ3n) is 4.44. The normalized spacial score (nSPS) is 21.3. The van der Waals surface area contributed by atoms with Crippen LogP contribution in [0.3, 0.4) is 0 Å². The highest BCUT2D eigenvalue weighted by atomic mass is 16.5. The van der Waals surface area contributed by atoms with Crippen LogP contribution in [-0.4, -0.2) is 35.6 Å². The Hall–Kier alpha value is -0.870. The van der Waals surface area contributed by atoms with Crippen molar-refractivity contribution in [3.05, 3.63) is 18.0 Å². The number of likely N-dealkylation sites (N-methyl/N-ethyl adjacent to an activating group) is 1. The molecule has 2 atom stereocenters. The van der Waals surface area contributed by atoms with Gasteiger partial charge in [-0.15, -0.1) is 0 Å². The van der Waals surface area contributed by atoms with E-state index in [0.717, 1.165) is 25.9 Å². The van der Waals surface area contributed by atoms with E-state index in [1.807, 2.05) is 7.05 Å². The van der Waals surface area contributed by atoms with Crippen LogP contribution in [0.1, 0.15) is 57.7 Å². The number of hydrogen-bond acceptors (Lipinski definition) is 3. The van der Waals surface area contributed by atoms with Crippen LogP contribution < -0.4 is 5.32 Å². The Balaban J connectivity index is 1.96. The van der Waals surface area contributed by atoms with Gasteiger partial charge in [-0.1, -0.05) is 13.8 Å². The van der Waals surface area contributed by atoms with E-state index in [9.17, 15) is 0 Å². The van der Waals surface area contributed by atoms with Crippen LogP contribution in [-0.2, 0) is 11.2 Å². The lowest BCUT2D eigenvalue weighted by Crippen LogP contribution is -2.42. The topological polar surface area (TPSA) is 39.1 Å². The van der Waals surface area contributed by atoms with Gasteiger partial charge in [0.1, 0.15) is 0 Å². The first-order chi connectivity index (χ1) is 9.78. The molecule has 1 aromatic heterocycles. The van der Waals surface area contributed by atoms with Gasteiger partial charge in [0.25, 0.3) is 0 Å². The van der Waals surface area contributed by atoms with Crippen LogP contribution >= 0.6 is 0 Å². The minimum Gasteiger partial charge on any atom is -0.377 e. The van der Waals surface area contributed by atoms with Crippen LogP contribution in [0.25, 0.3) is 0 Å². The Kier molecular flexibility index (Phi) is 6.05. The van der Waals surface area contributed by atoms with E-state index in [1.54, 1.807) is 0 Å². The summed E-state index contributed by atoms with van der Waals surface area (Å²) in [6.45, 7) is 5.36. The number of hydrogen-bond donors (Lipinski definition) is 1.